The average Bonchev–Trinajstić information content (AvgIpc) is 3.53. The monoisotopic (exact) mass is 481 g/mol. The van der Waals surface area contributed by atoms with Crippen LogP contribution in [0.25, 0.3) is 22.5 Å². The number of urea groups is 1. The Kier molecular flexibility index (Phi) is 6.93. The standard InChI is InChI=1S/C28H31N7O/c1-3-16-35(18-20-10-11-20)26-15-12-21(23-6-4-5-7-24(23)27-31-33-34-32-27)17-25(26)30-28(36)29-22-13-8-19(2)9-14-22/h4-9,12-15,17,20H,3,10-11,16,18H2,1-2H3,(H2,29,30,36)(H,31,32,33,34). The van der Waals surface area contributed by atoms with Gasteiger partial charge in [0.15, 0.2) is 5.82 Å². The van der Waals surface area contributed by atoms with E-state index in [-0.39, 0.29) is 6.03 Å². The van der Waals surface area contributed by atoms with Crippen molar-refractivity contribution in [2.24, 2.45) is 5.92 Å². The Morgan fingerprint density at radius 3 is 2.50 bits per heavy atom. The summed E-state index contributed by atoms with van der Waals surface area (Å²) in [7, 11) is 0. The molecule has 1 saturated carbocycles. The lowest BCUT2D eigenvalue weighted by molar-refractivity contribution is 0.262. The highest BCUT2D eigenvalue weighted by Gasteiger charge is 2.26. The van der Waals surface area contributed by atoms with Crippen LogP contribution < -0.4 is 15.5 Å². The minimum absolute atomic E-state index is 0.271. The van der Waals surface area contributed by atoms with E-state index in [0.717, 1.165) is 64.7 Å². The summed E-state index contributed by atoms with van der Waals surface area (Å²) in [6, 6.07) is 21.7. The van der Waals surface area contributed by atoms with E-state index in [1.807, 2.05) is 61.5 Å². The minimum Gasteiger partial charge on any atom is -0.370 e. The number of rotatable bonds is 9. The van der Waals surface area contributed by atoms with Gasteiger partial charge in [-0.25, -0.2) is 9.89 Å². The third-order valence-corrected chi connectivity index (χ3v) is 6.40. The summed E-state index contributed by atoms with van der Waals surface area (Å²) in [5, 5.41) is 20.5. The van der Waals surface area contributed by atoms with Crippen LogP contribution in [-0.2, 0) is 0 Å². The predicted octanol–water partition coefficient (Wildman–Crippen LogP) is 6.11. The topological polar surface area (TPSA) is 98.8 Å². The molecule has 0 unspecified atom stereocenters. The van der Waals surface area contributed by atoms with E-state index in [2.05, 4.69) is 55.2 Å². The van der Waals surface area contributed by atoms with Gasteiger partial charge in [0.25, 0.3) is 0 Å². The van der Waals surface area contributed by atoms with Crippen molar-refractivity contribution in [3.63, 3.8) is 0 Å². The lowest BCUT2D eigenvalue weighted by Crippen LogP contribution is -2.28. The van der Waals surface area contributed by atoms with Crippen molar-refractivity contribution in [2.45, 2.75) is 33.1 Å². The molecule has 8 heteroatoms. The van der Waals surface area contributed by atoms with Crippen LogP contribution in [0.1, 0.15) is 31.7 Å². The number of amides is 2. The Morgan fingerprint density at radius 1 is 1.03 bits per heavy atom. The summed E-state index contributed by atoms with van der Waals surface area (Å²) in [5.41, 5.74) is 6.55. The summed E-state index contributed by atoms with van der Waals surface area (Å²) in [6.07, 6.45) is 3.58. The Balaban J connectivity index is 1.50. The summed E-state index contributed by atoms with van der Waals surface area (Å²) in [5.74, 6) is 1.33. The molecule has 1 fully saturated rings. The number of nitrogens with one attached hydrogen (secondary N) is 3. The fraction of sp³-hybridized carbons (Fsp3) is 0.286. The van der Waals surface area contributed by atoms with Crippen molar-refractivity contribution < 1.29 is 4.79 Å². The van der Waals surface area contributed by atoms with E-state index >= 15 is 0 Å². The van der Waals surface area contributed by atoms with Crippen molar-refractivity contribution in [3.05, 3.63) is 72.3 Å². The average molecular weight is 482 g/mol. The van der Waals surface area contributed by atoms with Gasteiger partial charge in [-0.3, -0.25) is 0 Å². The Hall–Kier alpha value is -4.20. The smallest absolute Gasteiger partial charge is 0.323 e. The normalized spacial score (nSPS) is 12.8. The fourth-order valence-corrected chi connectivity index (χ4v) is 4.41. The van der Waals surface area contributed by atoms with Gasteiger partial charge in [0.1, 0.15) is 0 Å². The molecule has 1 aliphatic rings. The minimum atomic E-state index is -0.271. The Bertz CT molecular complexity index is 1310. The number of carbonyl (C=O) groups excluding carboxylic acids is 1. The Morgan fingerprint density at radius 2 is 1.81 bits per heavy atom. The van der Waals surface area contributed by atoms with Crippen LogP contribution >= 0.6 is 0 Å². The van der Waals surface area contributed by atoms with Crippen molar-refractivity contribution in [2.75, 3.05) is 28.6 Å². The molecule has 0 bridgehead atoms. The van der Waals surface area contributed by atoms with Crippen LogP contribution in [0.15, 0.2) is 66.7 Å². The van der Waals surface area contributed by atoms with E-state index in [0.29, 0.717) is 5.82 Å². The molecule has 3 aromatic carbocycles. The molecular weight excluding hydrogens is 450 g/mol. The number of anilines is 3. The number of aromatic amines is 1. The number of hydrogen-bond donors (Lipinski definition) is 3. The number of carbonyl (C=O) groups is 1. The summed E-state index contributed by atoms with van der Waals surface area (Å²) in [6.45, 7) is 6.15. The molecule has 36 heavy (non-hydrogen) atoms. The third kappa shape index (κ3) is 5.54. The fourth-order valence-electron chi connectivity index (χ4n) is 4.41. The van der Waals surface area contributed by atoms with E-state index in [1.54, 1.807) is 0 Å². The number of nitrogens with zero attached hydrogens (tertiary/aromatic N) is 4. The van der Waals surface area contributed by atoms with Crippen LogP contribution in [0.2, 0.25) is 0 Å². The van der Waals surface area contributed by atoms with Crippen LogP contribution in [0, 0.1) is 12.8 Å². The molecule has 0 spiro atoms. The Labute approximate surface area is 211 Å². The second-order valence-electron chi connectivity index (χ2n) is 9.36. The van der Waals surface area contributed by atoms with Crippen molar-refractivity contribution in [1.29, 1.82) is 0 Å². The van der Waals surface area contributed by atoms with Gasteiger partial charge in [-0.1, -0.05) is 55.0 Å². The number of aryl methyl sites for hydroxylation is 1. The molecule has 0 radical (unpaired) electrons. The number of tetrazole rings is 1. The number of aromatic nitrogens is 4. The van der Waals surface area contributed by atoms with Crippen molar-refractivity contribution in [1.82, 2.24) is 20.6 Å². The van der Waals surface area contributed by atoms with Gasteiger partial charge in [-0.05, 0) is 77.9 Å². The maximum atomic E-state index is 13.1. The van der Waals surface area contributed by atoms with E-state index in [9.17, 15) is 4.79 Å². The quantitative estimate of drug-likeness (QED) is 0.268. The highest BCUT2D eigenvalue weighted by molar-refractivity contribution is 6.02. The van der Waals surface area contributed by atoms with Gasteiger partial charge >= 0.3 is 6.03 Å². The molecule has 2 amide bonds. The molecule has 3 N–H and O–H groups in total. The van der Waals surface area contributed by atoms with Crippen molar-refractivity contribution >= 4 is 23.1 Å². The molecule has 4 aromatic rings. The third-order valence-electron chi connectivity index (χ3n) is 6.40. The lowest BCUT2D eigenvalue weighted by atomic mass is 9.98. The first-order chi connectivity index (χ1) is 17.6. The maximum absolute atomic E-state index is 13.1. The molecule has 184 valence electrons. The molecule has 0 aliphatic heterocycles. The van der Waals surface area contributed by atoms with Gasteiger partial charge in [0.2, 0.25) is 0 Å². The predicted molar refractivity (Wildman–Crippen MR) is 144 cm³/mol. The van der Waals surface area contributed by atoms with Gasteiger partial charge in [-0.2, -0.15) is 0 Å². The summed E-state index contributed by atoms with van der Waals surface area (Å²) >= 11 is 0. The summed E-state index contributed by atoms with van der Waals surface area (Å²) < 4.78 is 0. The molecule has 1 heterocycles. The second kappa shape index (κ2) is 10.6. The van der Waals surface area contributed by atoms with Gasteiger partial charge < -0.3 is 15.5 Å². The van der Waals surface area contributed by atoms with Crippen molar-refractivity contribution in [3.8, 4) is 22.5 Å². The van der Waals surface area contributed by atoms with Gasteiger partial charge in [0, 0.05) is 24.3 Å². The zero-order chi connectivity index (χ0) is 24.9. The van der Waals surface area contributed by atoms with Gasteiger partial charge in [-0.15, -0.1) is 5.10 Å². The molecule has 1 aromatic heterocycles. The first kappa shape index (κ1) is 23.5. The first-order valence-electron chi connectivity index (χ1n) is 12.5. The molecular formula is C28H31N7O. The molecule has 8 nitrogen and oxygen atoms in total. The van der Waals surface area contributed by atoms with Crippen LogP contribution in [0.4, 0.5) is 21.9 Å². The highest BCUT2D eigenvalue weighted by atomic mass is 16.2. The van der Waals surface area contributed by atoms with E-state index in [4.69, 9.17) is 0 Å². The van der Waals surface area contributed by atoms with E-state index < -0.39 is 0 Å². The largest absolute Gasteiger partial charge is 0.370 e. The first-order valence-corrected chi connectivity index (χ1v) is 12.5. The molecule has 0 atom stereocenters. The number of H-pyrrole nitrogens is 1. The van der Waals surface area contributed by atoms with Gasteiger partial charge in [0.05, 0.1) is 11.4 Å². The second-order valence-corrected chi connectivity index (χ2v) is 9.36. The van der Waals surface area contributed by atoms with Crippen LogP contribution in [0.5, 0.6) is 0 Å². The zero-order valence-corrected chi connectivity index (χ0v) is 20.7. The zero-order valence-electron chi connectivity index (χ0n) is 20.7. The van der Waals surface area contributed by atoms with E-state index in [1.165, 1.54) is 12.8 Å². The van der Waals surface area contributed by atoms with Crippen LogP contribution in [-0.4, -0.2) is 39.7 Å². The summed E-state index contributed by atoms with van der Waals surface area (Å²) in [4.78, 5) is 15.5. The maximum Gasteiger partial charge on any atom is 0.323 e. The lowest BCUT2D eigenvalue weighted by Gasteiger charge is -2.27. The highest BCUT2D eigenvalue weighted by Crippen LogP contribution is 2.38. The molecule has 0 saturated heterocycles. The SMILES string of the molecule is CCCN(CC1CC1)c1ccc(-c2ccccc2-c2nnn[nH]2)cc1NC(=O)Nc1ccc(C)cc1. The molecule has 5 rings (SSSR count). The number of hydrogen-bond acceptors (Lipinski definition) is 5. The molecule has 1 aliphatic carbocycles. The number of benzene rings is 3. The van der Waals surface area contributed by atoms with Crippen LogP contribution in [0.3, 0.4) is 0 Å².